The summed E-state index contributed by atoms with van der Waals surface area (Å²) in [7, 11) is 1.62. The number of hydrogen-bond acceptors (Lipinski definition) is 4. The predicted molar refractivity (Wildman–Crippen MR) is 159 cm³/mol. The van der Waals surface area contributed by atoms with Gasteiger partial charge in [0.1, 0.15) is 0 Å². The largest absolute Gasteiger partial charge is 0.383 e. The maximum atomic E-state index is 13.2. The fraction of sp³-hybridized carbons (Fsp3) is 0.364. The van der Waals surface area contributed by atoms with Gasteiger partial charge in [-0.25, -0.2) is 0 Å². The molecule has 7 nitrogen and oxygen atoms in total. The van der Waals surface area contributed by atoms with Crippen LogP contribution in [0, 0.1) is 12.8 Å². The summed E-state index contributed by atoms with van der Waals surface area (Å²) < 4.78 is 7.02. The van der Waals surface area contributed by atoms with Crippen LogP contribution in [0.2, 0.25) is 0 Å². The quantitative estimate of drug-likeness (QED) is 0.381. The number of carbonyl (C=O) groups is 2. The lowest BCUT2D eigenvalue weighted by Gasteiger charge is -2.32. The zero-order valence-electron chi connectivity index (χ0n) is 23.7. The minimum Gasteiger partial charge on any atom is -0.383 e. The van der Waals surface area contributed by atoms with Crippen molar-refractivity contribution in [2.24, 2.45) is 5.92 Å². The van der Waals surface area contributed by atoms with E-state index in [-0.39, 0.29) is 11.8 Å². The van der Waals surface area contributed by atoms with Crippen LogP contribution in [-0.2, 0) is 11.3 Å². The number of aryl methyl sites for hydroxylation is 1. The summed E-state index contributed by atoms with van der Waals surface area (Å²) in [4.78, 5) is 27.8. The number of benzene rings is 2. The van der Waals surface area contributed by atoms with Crippen molar-refractivity contribution in [2.45, 2.75) is 39.7 Å². The molecule has 2 aliphatic rings. The number of amides is 2. The molecule has 3 aromatic rings. The maximum absolute atomic E-state index is 13.2. The van der Waals surface area contributed by atoms with Gasteiger partial charge in [0.05, 0.1) is 12.1 Å². The van der Waals surface area contributed by atoms with Gasteiger partial charge in [-0.05, 0) is 80.0 Å². The molecule has 7 heteroatoms. The van der Waals surface area contributed by atoms with Gasteiger partial charge in [-0.3, -0.25) is 14.3 Å². The predicted octanol–water partition coefficient (Wildman–Crippen LogP) is 5.56. The van der Waals surface area contributed by atoms with E-state index in [9.17, 15) is 9.59 Å². The van der Waals surface area contributed by atoms with E-state index in [1.54, 1.807) is 7.11 Å². The Morgan fingerprint density at radius 2 is 1.82 bits per heavy atom. The highest BCUT2D eigenvalue weighted by molar-refractivity contribution is 6.00. The molecule has 5 rings (SSSR count). The molecule has 0 atom stereocenters. The number of rotatable bonds is 8. The molecular weight excluding hydrogens is 500 g/mol. The fourth-order valence-electron chi connectivity index (χ4n) is 5.47. The summed E-state index contributed by atoms with van der Waals surface area (Å²) in [5, 5.41) is 8.66. The van der Waals surface area contributed by atoms with Crippen LogP contribution in [0.5, 0.6) is 0 Å². The van der Waals surface area contributed by atoms with Crippen molar-refractivity contribution in [3.8, 4) is 0 Å². The average molecular weight is 539 g/mol. The fourth-order valence-corrected chi connectivity index (χ4v) is 5.47. The first kappa shape index (κ1) is 27.6. The van der Waals surface area contributed by atoms with Gasteiger partial charge in [0, 0.05) is 56.0 Å². The molecular formula is C33H38N4O3. The van der Waals surface area contributed by atoms with Gasteiger partial charge in [0.2, 0.25) is 0 Å². The van der Waals surface area contributed by atoms with Gasteiger partial charge in [-0.15, -0.1) is 0 Å². The Morgan fingerprint density at radius 1 is 1.05 bits per heavy atom. The van der Waals surface area contributed by atoms with Gasteiger partial charge in [0.15, 0.2) is 0 Å². The molecule has 1 aliphatic heterocycles. The summed E-state index contributed by atoms with van der Waals surface area (Å²) in [5.41, 5.74) is 6.86. The number of piperidine rings is 1. The molecule has 2 aromatic carbocycles. The number of methoxy groups -OCH3 is 1. The van der Waals surface area contributed by atoms with Crippen molar-refractivity contribution in [2.75, 3.05) is 33.4 Å². The first-order chi connectivity index (χ1) is 19.4. The first-order valence-electron chi connectivity index (χ1n) is 14.1. The standard InChI is InChI=1S/C33H38N4O3/c1-23-5-4-6-26(8-7-23)27-9-11-28(12-10-27)33(39)36-18-15-25(16-19-36)21-37-22-30-24(2)29(13-14-31(30)35-37)32(38)34-17-20-40-3/h4,6-14,22,25H,5,15-21H2,1-3H3,(H,34,38). The van der Waals surface area contributed by atoms with Crippen LogP contribution in [0.4, 0.5) is 0 Å². The number of allylic oxidation sites excluding steroid dienone is 6. The SMILES string of the molecule is COCCNC(=O)c1ccc2nn(CC3CCN(C(=O)c4ccc(C5=CC=C(C)CC=C5)cc4)CC3)cc2c1C. The number of nitrogens with one attached hydrogen (secondary N) is 1. The molecule has 2 amide bonds. The van der Waals surface area contributed by atoms with Crippen molar-refractivity contribution < 1.29 is 14.3 Å². The van der Waals surface area contributed by atoms with Gasteiger partial charge < -0.3 is 15.0 Å². The van der Waals surface area contributed by atoms with E-state index in [1.165, 1.54) is 11.1 Å². The van der Waals surface area contributed by atoms with Gasteiger partial charge in [-0.2, -0.15) is 5.10 Å². The summed E-state index contributed by atoms with van der Waals surface area (Å²) in [6.45, 7) is 7.36. The Balaban J connectivity index is 1.17. The molecule has 1 saturated heterocycles. The number of likely N-dealkylation sites (tertiary alicyclic amines) is 1. The normalized spacial score (nSPS) is 16.0. The van der Waals surface area contributed by atoms with Crippen LogP contribution in [0.1, 0.15) is 58.0 Å². The summed E-state index contributed by atoms with van der Waals surface area (Å²) in [5.74, 6) is 0.452. The zero-order valence-corrected chi connectivity index (χ0v) is 23.7. The van der Waals surface area contributed by atoms with Gasteiger partial charge >= 0.3 is 0 Å². The molecule has 2 heterocycles. The number of hydrogen-bond donors (Lipinski definition) is 1. The molecule has 1 N–H and O–H groups in total. The third kappa shape index (κ3) is 6.26. The average Bonchev–Trinajstić information content (AvgIpc) is 3.26. The minimum atomic E-state index is -0.0959. The smallest absolute Gasteiger partial charge is 0.253 e. The zero-order chi connectivity index (χ0) is 28.1. The highest BCUT2D eigenvalue weighted by Crippen LogP contribution is 2.26. The molecule has 0 bridgehead atoms. The highest BCUT2D eigenvalue weighted by atomic mass is 16.5. The maximum Gasteiger partial charge on any atom is 0.253 e. The van der Waals surface area contributed by atoms with Crippen LogP contribution in [0.15, 0.2) is 72.5 Å². The van der Waals surface area contributed by atoms with Crippen molar-refractivity contribution in [3.63, 3.8) is 0 Å². The first-order valence-corrected chi connectivity index (χ1v) is 14.1. The third-order valence-electron chi connectivity index (χ3n) is 7.94. The lowest BCUT2D eigenvalue weighted by Crippen LogP contribution is -2.39. The van der Waals surface area contributed by atoms with E-state index in [2.05, 4.69) is 36.5 Å². The van der Waals surface area contributed by atoms with Crippen LogP contribution >= 0.6 is 0 Å². The Bertz CT molecular complexity index is 1470. The lowest BCUT2D eigenvalue weighted by atomic mass is 9.96. The number of nitrogens with zero attached hydrogens (tertiary/aromatic N) is 3. The van der Waals surface area contributed by atoms with Crippen LogP contribution < -0.4 is 5.32 Å². The number of aromatic nitrogens is 2. The van der Waals surface area contributed by atoms with E-state index >= 15 is 0 Å². The third-order valence-corrected chi connectivity index (χ3v) is 7.94. The van der Waals surface area contributed by atoms with E-state index in [0.29, 0.717) is 24.6 Å². The molecule has 0 unspecified atom stereocenters. The molecule has 40 heavy (non-hydrogen) atoms. The van der Waals surface area contributed by atoms with Crippen molar-refractivity contribution in [1.29, 1.82) is 0 Å². The van der Waals surface area contributed by atoms with E-state index in [0.717, 1.165) is 66.5 Å². The molecule has 208 valence electrons. The van der Waals surface area contributed by atoms with Gasteiger partial charge in [0.25, 0.3) is 11.8 Å². The Hall–Kier alpha value is -3.97. The van der Waals surface area contributed by atoms with E-state index in [1.807, 2.05) is 59.1 Å². The Labute approximate surface area is 236 Å². The molecule has 1 aromatic heterocycles. The Morgan fingerprint density at radius 3 is 2.58 bits per heavy atom. The number of carbonyl (C=O) groups excluding carboxylic acids is 2. The second kappa shape index (κ2) is 12.5. The second-order valence-electron chi connectivity index (χ2n) is 10.8. The summed E-state index contributed by atoms with van der Waals surface area (Å²) in [6, 6.07) is 11.7. The van der Waals surface area contributed by atoms with Crippen molar-refractivity contribution in [3.05, 3.63) is 94.7 Å². The topological polar surface area (TPSA) is 76.5 Å². The highest BCUT2D eigenvalue weighted by Gasteiger charge is 2.24. The molecule has 0 saturated carbocycles. The van der Waals surface area contributed by atoms with Crippen molar-refractivity contribution >= 4 is 28.3 Å². The summed E-state index contributed by atoms with van der Waals surface area (Å²) in [6.07, 6.45) is 13.5. The molecule has 0 spiro atoms. The van der Waals surface area contributed by atoms with Gasteiger partial charge in [-0.1, -0.05) is 42.0 Å². The second-order valence-corrected chi connectivity index (χ2v) is 10.8. The number of fused-ring (bicyclic) bond motifs is 1. The monoisotopic (exact) mass is 538 g/mol. The lowest BCUT2D eigenvalue weighted by molar-refractivity contribution is 0.0681. The molecule has 1 aliphatic carbocycles. The number of ether oxygens (including phenoxy) is 1. The molecule has 1 fully saturated rings. The van der Waals surface area contributed by atoms with Crippen molar-refractivity contribution in [1.82, 2.24) is 20.0 Å². The summed E-state index contributed by atoms with van der Waals surface area (Å²) >= 11 is 0. The van der Waals surface area contributed by atoms with Crippen LogP contribution in [0.25, 0.3) is 16.5 Å². The molecule has 0 radical (unpaired) electrons. The van der Waals surface area contributed by atoms with Crippen LogP contribution in [0.3, 0.4) is 0 Å². The van der Waals surface area contributed by atoms with Crippen LogP contribution in [-0.4, -0.2) is 59.8 Å². The van der Waals surface area contributed by atoms with E-state index in [4.69, 9.17) is 9.84 Å². The minimum absolute atomic E-state index is 0.0959. The van der Waals surface area contributed by atoms with E-state index < -0.39 is 0 Å². The Kier molecular flexibility index (Phi) is 8.60.